The van der Waals surface area contributed by atoms with Crippen LogP contribution in [0.5, 0.6) is 0 Å². The highest BCUT2D eigenvalue weighted by molar-refractivity contribution is 5.51. The van der Waals surface area contributed by atoms with Crippen LogP contribution >= 0.6 is 0 Å². The van der Waals surface area contributed by atoms with E-state index in [4.69, 9.17) is 4.74 Å². The summed E-state index contributed by atoms with van der Waals surface area (Å²) in [5, 5.41) is 3.42. The minimum Gasteiger partial charge on any atom is -0.382 e. The van der Waals surface area contributed by atoms with Gasteiger partial charge < -0.3 is 10.1 Å². The molecule has 0 radical (unpaired) electrons. The summed E-state index contributed by atoms with van der Waals surface area (Å²) in [6.45, 7) is 2.62. The molecule has 0 amide bonds. The maximum atomic E-state index is 13.6. The van der Waals surface area contributed by atoms with Crippen LogP contribution in [0.1, 0.15) is 18.1 Å². The van der Waals surface area contributed by atoms with Gasteiger partial charge in [0.15, 0.2) is 0 Å². The Morgan fingerprint density at radius 3 is 2.40 bits per heavy atom. The van der Waals surface area contributed by atoms with Crippen LogP contribution in [0.3, 0.4) is 0 Å². The lowest BCUT2D eigenvalue weighted by molar-refractivity contribution is 0.185. The van der Waals surface area contributed by atoms with E-state index >= 15 is 0 Å². The minimum atomic E-state index is -0.147. The van der Waals surface area contributed by atoms with Crippen molar-refractivity contribution >= 4 is 5.69 Å². The summed E-state index contributed by atoms with van der Waals surface area (Å²) < 4.78 is 18.8. The predicted molar refractivity (Wildman–Crippen MR) is 80.3 cm³/mol. The molecule has 0 saturated carbocycles. The van der Waals surface area contributed by atoms with Crippen LogP contribution in [0.25, 0.3) is 0 Å². The number of anilines is 1. The average Bonchev–Trinajstić information content (AvgIpc) is 2.44. The molecule has 1 unspecified atom stereocenters. The molecule has 1 atom stereocenters. The maximum Gasteiger partial charge on any atom is 0.126 e. The van der Waals surface area contributed by atoms with Gasteiger partial charge in [-0.05, 0) is 31.0 Å². The Labute approximate surface area is 119 Å². The topological polar surface area (TPSA) is 21.3 Å². The van der Waals surface area contributed by atoms with E-state index in [0.29, 0.717) is 13.0 Å². The van der Waals surface area contributed by atoms with Crippen molar-refractivity contribution in [2.45, 2.75) is 26.0 Å². The van der Waals surface area contributed by atoms with Crippen molar-refractivity contribution in [3.63, 3.8) is 0 Å². The fourth-order valence-electron chi connectivity index (χ4n) is 2.25. The lowest BCUT2D eigenvalue weighted by Crippen LogP contribution is -2.19. The molecule has 20 heavy (non-hydrogen) atoms. The molecule has 2 aromatic carbocycles. The third-order valence-corrected chi connectivity index (χ3v) is 3.20. The van der Waals surface area contributed by atoms with Gasteiger partial charge in [0, 0.05) is 24.4 Å². The number of benzene rings is 2. The third-order valence-electron chi connectivity index (χ3n) is 3.20. The van der Waals surface area contributed by atoms with Crippen molar-refractivity contribution in [3.8, 4) is 0 Å². The van der Waals surface area contributed by atoms with Gasteiger partial charge in [0.25, 0.3) is 0 Å². The van der Waals surface area contributed by atoms with Gasteiger partial charge in [-0.1, -0.05) is 36.4 Å². The highest BCUT2D eigenvalue weighted by Gasteiger charge is 2.09. The summed E-state index contributed by atoms with van der Waals surface area (Å²) in [7, 11) is 1.68. The fourth-order valence-corrected chi connectivity index (χ4v) is 2.25. The van der Waals surface area contributed by atoms with Crippen molar-refractivity contribution in [1.29, 1.82) is 0 Å². The summed E-state index contributed by atoms with van der Waals surface area (Å²) in [5.41, 5.74) is 2.88. The van der Waals surface area contributed by atoms with Crippen LogP contribution in [-0.2, 0) is 17.8 Å². The van der Waals surface area contributed by atoms with Crippen LogP contribution in [-0.4, -0.2) is 13.2 Å². The lowest BCUT2D eigenvalue weighted by Gasteiger charge is -2.18. The molecule has 0 saturated heterocycles. The third kappa shape index (κ3) is 3.81. The van der Waals surface area contributed by atoms with E-state index in [1.54, 1.807) is 13.2 Å². The highest BCUT2D eigenvalue weighted by Crippen LogP contribution is 2.18. The molecular formula is C17H20FNO. The summed E-state index contributed by atoms with van der Waals surface area (Å²) in [6, 6.07) is 15.1. The molecule has 0 fully saturated rings. The first-order chi connectivity index (χ1) is 9.70. The van der Waals surface area contributed by atoms with Gasteiger partial charge in [0.1, 0.15) is 5.82 Å². The van der Waals surface area contributed by atoms with Crippen LogP contribution in [0.4, 0.5) is 10.1 Å². The van der Waals surface area contributed by atoms with E-state index in [1.807, 2.05) is 36.4 Å². The average molecular weight is 273 g/mol. The van der Waals surface area contributed by atoms with Crippen molar-refractivity contribution in [2.75, 3.05) is 12.4 Å². The van der Waals surface area contributed by atoms with Gasteiger partial charge in [0.2, 0.25) is 0 Å². The van der Waals surface area contributed by atoms with Gasteiger partial charge in [0.05, 0.1) is 6.61 Å². The second kappa shape index (κ2) is 7.06. The molecule has 2 rings (SSSR count). The summed E-state index contributed by atoms with van der Waals surface area (Å²) in [6.07, 6.45) is 0.647. The number of hydrogen-bond acceptors (Lipinski definition) is 2. The Bertz CT molecular complexity index is 556. The molecule has 0 bridgehead atoms. The molecule has 0 spiro atoms. The molecule has 0 aliphatic heterocycles. The number of methoxy groups -OCH3 is 1. The first-order valence-electron chi connectivity index (χ1n) is 6.77. The van der Waals surface area contributed by atoms with Crippen LogP contribution in [0.15, 0.2) is 48.5 Å². The number of ether oxygens (including phenoxy) is 1. The largest absolute Gasteiger partial charge is 0.382 e. The van der Waals surface area contributed by atoms with Gasteiger partial charge in [-0.3, -0.25) is 0 Å². The zero-order chi connectivity index (χ0) is 14.4. The smallest absolute Gasteiger partial charge is 0.126 e. The monoisotopic (exact) mass is 273 g/mol. The molecule has 0 aromatic heterocycles. The maximum absolute atomic E-state index is 13.6. The molecule has 0 heterocycles. The van der Waals surface area contributed by atoms with Crippen molar-refractivity contribution < 1.29 is 9.13 Å². The van der Waals surface area contributed by atoms with Gasteiger partial charge in [-0.2, -0.15) is 0 Å². The molecule has 0 aliphatic rings. The lowest BCUT2D eigenvalue weighted by atomic mass is 10.1. The van der Waals surface area contributed by atoms with E-state index in [2.05, 4.69) is 12.2 Å². The van der Waals surface area contributed by atoms with Gasteiger partial charge >= 0.3 is 0 Å². The Morgan fingerprint density at radius 1 is 1.05 bits per heavy atom. The van der Waals surface area contributed by atoms with Gasteiger partial charge in [-0.25, -0.2) is 4.39 Å². The number of rotatable bonds is 6. The van der Waals surface area contributed by atoms with E-state index < -0.39 is 0 Å². The van der Waals surface area contributed by atoms with Crippen molar-refractivity contribution in [3.05, 3.63) is 65.5 Å². The number of para-hydroxylation sites is 1. The fraction of sp³-hybridized carbons (Fsp3) is 0.294. The Morgan fingerprint density at radius 2 is 1.70 bits per heavy atom. The molecule has 3 heteroatoms. The molecule has 2 nitrogen and oxygen atoms in total. The van der Waals surface area contributed by atoms with Gasteiger partial charge in [-0.15, -0.1) is 0 Å². The van der Waals surface area contributed by atoms with Crippen LogP contribution in [0.2, 0.25) is 0 Å². The highest BCUT2D eigenvalue weighted by atomic mass is 19.1. The molecule has 0 aliphatic carbocycles. The number of hydrogen-bond donors (Lipinski definition) is 1. The zero-order valence-electron chi connectivity index (χ0n) is 11.9. The Balaban J connectivity index is 2.05. The molecule has 106 valence electrons. The molecular weight excluding hydrogens is 253 g/mol. The number of nitrogens with one attached hydrogen (secondary N) is 1. The second-order valence-electron chi connectivity index (χ2n) is 4.93. The van der Waals surface area contributed by atoms with E-state index in [1.165, 1.54) is 6.07 Å². The first-order valence-corrected chi connectivity index (χ1v) is 6.77. The molecule has 2 aromatic rings. The SMILES string of the molecule is COCc1ccccc1NC(C)Cc1ccccc1F. The van der Waals surface area contributed by atoms with Crippen LogP contribution in [0, 0.1) is 5.82 Å². The summed E-state index contributed by atoms with van der Waals surface area (Å²) in [5.74, 6) is -0.147. The predicted octanol–water partition coefficient (Wildman–Crippen LogP) is 4.02. The van der Waals surface area contributed by atoms with Crippen molar-refractivity contribution in [2.24, 2.45) is 0 Å². The Kier molecular flexibility index (Phi) is 5.13. The minimum absolute atomic E-state index is 0.143. The second-order valence-corrected chi connectivity index (χ2v) is 4.93. The first kappa shape index (κ1) is 14.5. The Hall–Kier alpha value is -1.87. The summed E-state index contributed by atoms with van der Waals surface area (Å²) >= 11 is 0. The normalized spacial score (nSPS) is 12.2. The van der Waals surface area contributed by atoms with Crippen LogP contribution < -0.4 is 5.32 Å². The number of halogens is 1. The van der Waals surface area contributed by atoms with Crippen molar-refractivity contribution in [1.82, 2.24) is 0 Å². The summed E-state index contributed by atoms with van der Waals surface area (Å²) in [4.78, 5) is 0. The quantitative estimate of drug-likeness (QED) is 0.858. The molecule has 1 N–H and O–H groups in total. The van der Waals surface area contributed by atoms with E-state index in [0.717, 1.165) is 16.8 Å². The van der Waals surface area contributed by atoms with E-state index in [-0.39, 0.29) is 11.9 Å². The standard InChI is InChI=1S/C17H20FNO/c1-13(11-14-7-3-5-9-16(14)18)19-17-10-6-4-8-15(17)12-20-2/h3-10,13,19H,11-12H2,1-2H3. The van der Waals surface area contributed by atoms with E-state index in [9.17, 15) is 4.39 Å². The zero-order valence-corrected chi connectivity index (χ0v) is 11.9.